The fourth-order valence-electron chi connectivity index (χ4n) is 3.21. The average Bonchev–Trinajstić information content (AvgIpc) is 2.68. The van der Waals surface area contributed by atoms with E-state index in [-0.39, 0.29) is 5.91 Å². The van der Waals surface area contributed by atoms with Crippen molar-refractivity contribution in [3.8, 4) is 0 Å². The molecule has 1 aromatic heterocycles. The number of benzene rings is 1. The van der Waals surface area contributed by atoms with Crippen molar-refractivity contribution < 1.29 is 4.79 Å². The zero-order valence-corrected chi connectivity index (χ0v) is 15.5. The number of nitrogens with zero attached hydrogens (tertiary/aromatic N) is 3. The fraction of sp³-hybridized carbons (Fsp3) is 0.400. The molecule has 5 heteroatoms. The number of hydrogen-bond acceptors (Lipinski definition) is 4. The number of likely N-dealkylation sites (N-methyl/N-ethyl adjacent to an activating group) is 1. The number of amides is 1. The summed E-state index contributed by atoms with van der Waals surface area (Å²) in [7, 11) is 2.16. The second-order valence-electron chi connectivity index (χ2n) is 6.51. The molecule has 0 radical (unpaired) electrons. The molecule has 0 spiro atoms. The van der Waals surface area contributed by atoms with Crippen LogP contribution in [0.1, 0.15) is 18.4 Å². The van der Waals surface area contributed by atoms with Crippen LogP contribution in [0.2, 0.25) is 0 Å². The van der Waals surface area contributed by atoms with E-state index in [1.807, 2.05) is 23.1 Å². The summed E-state index contributed by atoms with van der Waals surface area (Å²) in [6, 6.07) is 14.9. The summed E-state index contributed by atoms with van der Waals surface area (Å²) >= 11 is 1.59. The van der Waals surface area contributed by atoms with Gasteiger partial charge in [-0.3, -0.25) is 14.7 Å². The maximum atomic E-state index is 12.6. The molecule has 1 fully saturated rings. The van der Waals surface area contributed by atoms with Gasteiger partial charge in [0.1, 0.15) is 0 Å². The highest BCUT2D eigenvalue weighted by atomic mass is 32.2. The van der Waals surface area contributed by atoms with E-state index in [9.17, 15) is 4.79 Å². The molecule has 132 valence electrons. The van der Waals surface area contributed by atoms with Crippen LogP contribution >= 0.6 is 11.8 Å². The van der Waals surface area contributed by atoms with Crippen molar-refractivity contribution in [2.75, 3.05) is 25.9 Å². The van der Waals surface area contributed by atoms with Gasteiger partial charge in [-0.15, -0.1) is 11.8 Å². The number of carbonyl (C=O) groups excluding carboxylic acids is 1. The number of carbonyl (C=O) groups is 1. The van der Waals surface area contributed by atoms with Gasteiger partial charge in [0.2, 0.25) is 5.91 Å². The first-order valence-electron chi connectivity index (χ1n) is 8.77. The fourth-order valence-corrected chi connectivity index (χ4v) is 4.00. The van der Waals surface area contributed by atoms with E-state index in [0.29, 0.717) is 11.8 Å². The van der Waals surface area contributed by atoms with Gasteiger partial charge in [0.05, 0.1) is 5.75 Å². The van der Waals surface area contributed by atoms with Crippen molar-refractivity contribution >= 4 is 17.7 Å². The molecule has 1 saturated heterocycles. The summed E-state index contributed by atoms with van der Waals surface area (Å²) in [5.74, 6) is 0.735. The van der Waals surface area contributed by atoms with Crippen LogP contribution < -0.4 is 0 Å². The van der Waals surface area contributed by atoms with Crippen LogP contribution in [0.4, 0.5) is 0 Å². The predicted molar refractivity (Wildman–Crippen MR) is 102 cm³/mol. The van der Waals surface area contributed by atoms with E-state index in [2.05, 4.69) is 41.2 Å². The average molecular weight is 356 g/mol. The Hall–Kier alpha value is -1.85. The molecule has 1 aliphatic heterocycles. The summed E-state index contributed by atoms with van der Waals surface area (Å²) in [6.07, 6.45) is 5.77. The van der Waals surface area contributed by atoms with Crippen molar-refractivity contribution in [3.63, 3.8) is 0 Å². The van der Waals surface area contributed by atoms with Crippen LogP contribution in [0.15, 0.2) is 59.8 Å². The highest BCUT2D eigenvalue weighted by Crippen LogP contribution is 2.20. The molecule has 0 bridgehead atoms. The van der Waals surface area contributed by atoms with Crippen molar-refractivity contribution in [3.05, 3.63) is 60.4 Å². The van der Waals surface area contributed by atoms with E-state index in [0.717, 1.165) is 37.4 Å². The van der Waals surface area contributed by atoms with Gasteiger partial charge in [0.15, 0.2) is 0 Å². The molecule has 0 saturated carbocycles. The minimum Gasteiger partial charge on any atom is -0.340 e. The molecule has 2 aromatic rings. The molecule has 2 heterocycles. The molecule has 1 amide bonds. The van der Waals surface area contributed by atoms with E-state index in [1.54, 1.807) is 24.2 Å². The molecule has 3 rings (SSSR count). The monoisotopic (exact) mass is 355 g/mol. The van der Waals surface area contributed by atoms with Crippen LogP contribution in [0, 0.1) is 0 Å². The van der Waals surface area contributed by atoms with Crippen molar-refractivity contribution in [1.82, 2.24) is 14.8 Å². The van der Waals surface area contributed by atoms with Crippen LogP contribution in [0.3, 0.4) is 0 Å². The van der Waals surface area contributed by atoms with E-state index in [4.69, 9.17) is 0 Å². The SMILES string of the molecule is CN(Cc1ccccc1)[C@H]1CCCN(C(=O)CSc2ccncc2)C1. The number of hydrogen-bond donors (Lipinski definition) is 0. The largest absolute Gasteiger partial charge is 0.340 e. The summed E-state index contributed by atoms with van der Waals surface area (Å²) in [6.45, 7) is 2.64. The van der Waals surface area contributed by atoms with Crippen molar-refractivity contribution in [2.45, 2.75) is 30.3 Å². The lowest BCUT2D eigenvalue weighted by molar-refractivity contribution is -0.130. The molecule has 0 aliphatic carbocycles. The van der Waals surface area contributed by atoms with E-state index >= 15 is 0 Å². The maximum Gasteiger partial charge on any atom is 0.232 e. The Morgan fingerprint density at radius 1 is 1.24 bits per heavy atom. The summed E-state index contributed by atoms with van der Waals surface area (Å²) < 4.78 is 0. The normalized spacial score (nSPS) is 17.7. The Labute approximate surface area is 154 Å². The van der Waals surface area contributed by atoms with Gasteiger partial charge in [-0.05, 0) is 37.6 Å². The molecule has 25 heavy (non-hydrogen) atoms. The first-order chi connectivity index (χ1) is 12.2. The second-order valence-corrected chi connectivity index (χ2v) is 7.56. The van der Waals surface area contributed by atoms with Gasteiger partial charge in [0, 0.05) is 43.0 Å². The Morgan fingerprint density at radius 3 is 2.76 bits per heavy atom. The minimum absolute atomic E-state index is 0.236. The van der Waals surface area contributed by atoms with Crippen molar-refractivity contribution in [1.29, 1.82) is 0 Å². The van der Waals surface area contributed by atoms with Crippen LogP contribution in [0.25, 0.3) is 0 Å². The highest BCUT2D eigenvalue weighted by molar-refractivity contribution is 8.00. The summed E-state index contributed by atoms with van der Waals surface area (Å²) in [5, 5.41) is 0. The summed E-state index contributed by atoms with van der Waals surface area (Å²) in [4.78, 5) is 22.1. The zero-order valence-electron chi connectivity index (χ0n) is 14.7. The van der Waals surface area contributed by atoms with Crippen LogP contribution in [0.5, 0.6) is 0 Å². The smallest absolute Gasteiger partial charge is 0.232 e. The molecule has 0 unspecified atom stereocenters. The quantitative estimate of drug-likeness (QED) is 0.745. The lowest BCUT2D eigenvalue weighted by Crippen LogP contribution is -2.48. The highest BCUT2D eigenvalue weighted by Gasteiger charge is 2.26. The third-order valence-corrected chi connectivity index (χ3v) is 5.66. The lowest BCUT2D eigenvalue weighted by atomic mass is 10.0. The first-order valence-corrected chi connectivity index (χ1v) is 9.75. The van der Waals surface area contributed by atoms with Gasteiger partial charge in [-0.25, -0.2) is 0 Å². The maximum absolute atomic E-state index is 12.6. The van der Waals surface area contributed by atoms with Gasteiger partial charge in [-0.1, -0.05) is 30.3 Å². The third kappa shape index (κ3) is 5.31. The summed E-state index contributed by atoms with van der Waals surface area (Å²) in [5.41, 5.74) is 1.32. The van der Waals surface area contributed by atoms with Gasteiger partial charge < -0.3 is 4.90 Å². The molecular formula is C20H25N3OS. The number of likely N-dealkylation sites (tertiary alicyclic amines) is 1. The first kappa shape index (κ1) is 18.0. The Kier molecular flexibility index (Phi) is 6.48. The van der Waals surface area contributed by atoms with Crippen LogP contribution in [-0.4, -0.2) is 52.6 Å². The topological polar surface area (TPSA) is 36.4 Å². The number of piperidine rings is 1. The number of rotatable bonds is 6. The van der Waals surface area contributed by atoms with Gasteiger partial charge in [0.25, 0.3) is 0 Å². The lowest BCUT2D eigenvalue weighted by Gasteiger charge is -2.37. The molecule has 1 aromatic carbocycles. The predicted octanol–water partition coefficient (Wildman–Crippen LogP) is 3.30. The number of aromatic nitrogens is 1. The Balaban J connectivity index is 1.50. The third-order valence-electron chi connectivity index (χ3n) is 4.66. The molecule has 1 aliphatic rings. The van der Waals surface area contributed by atoms with E-state index in [1.165, 1.54) is 5.56 Å². The number of thioether (sulfide) groups is 1. The standard InChI is InChI=1S/C20H25N3OS/c1-22(14-17-6-3-2-4-7-17)18-8-5-13-23(15-18)20(24)16-25-19-9-11-21-12-10-19/h2-4,6-7,9-12,18H,5,8,13-16H2,1H3/t18-/m0/s1. The molecule has 1 atom stereocenters. The number of pyridine rings is 1. The Bertz CT molecular complexity index is 665. The van der Waals surface area contributed by atoms with Gasteiger partial charge in [-0.2, -0.15) is 0 Å². The molecule has 0 N–H and O–H groups in total. The Morgan fingerprint density at radius 2 is 2.00 bits per heavy atom. The molecular weight excluding hydrogens is 330 g/mol. The van der Waals surface area contributed by atoms with E-state index < -0.39 is 0 Å². The van der Waals surface area contributed by atoms with Crippen LogP contribution in [-0.2, 0) is 11.3 Å². The minimum atomic E-state index is 0.236. The zero-order chi connectivity index (χ0) is 17.5. The second kappa shape index (κ2) is 9.02. The van der Waals surface area contributed by atoms with Crippen molar-refractivity contribution in [2.24, 2.45) is 0 Å². The molecule has 4 nitrogen and oxygen atoms in total. The van der Waals surface area contributed by atoms with Gasteiger partial charge >= 0.3 is 0 Å².